The first kappa shape index (κ1) is 12.3. The van der Waals surface area contributed by atoms with E-state index in [1.165, 1.54) is 0 Å². The number of hydrogen-bond acceptors (Lipinski definition) is 5. The van der Waals surface area contributed by atoms with Crippen molar-refractivity contribution >= 4 is 16.7 Å². The van der Waals surface area contributed by atoms with Crippen molar-refractivity contribution in [3.05, 3.63) is 23.3 Å². The van der Waals surface area contributed by atoms with Crippen LogP contribution in [0, 0.1) is 13.8 Å². The lowest BCUT2D eigenvalue weighted by atomic mass is 10.1. The van der Waals surface area contributed by atoms with E-state index >= 15 is 0 Å². The quantitative estimate of drug-likeness (QED) is 0.838. The van der Waals surface area contributed by atoms with Crippen LogP contribution in [-0.2, 0) is 11.2 Å². The molecule has 0 bridgehead atoms. The molecule has 1 aliphatic heterocycles. The van der Waals surface area contributed by atoms with E-state index in [-0.39, 0.29) is 0 Å². The molecule has 0 aliphatic carbocycles. The predicted molar refractivity (Wildman–Crippen MR) is 74.6 cm³/mol. The third-order valence-electron chi connectivity index (χ3n) is 3.46. The number of anilines is 1. The molecule has 1 aliphatic rings. The Morgan fingerprint density at radius 3 is 2.89 bits per heavy atom. The molecule has 0 atom stereocenters. The van der Waals surface area contributed by atoms with E-state index in [0.29, 0.717) is 6.61 Å². The summed E-state index contributed by atoms with van der Waals surface area (Å²) >= 11 is 0. The fourth-order valence-electron chi connectivity index (χ4n) is 2.63. The van der Waals surface area contributed by atoms with Crippen molar-refractivity contribution in [2.24, 2.45) is 0 Å². The zero-order chi connectivity index (χ0) is 13.4. The number of pyridine rings is 1. The number of ether oxygens (including phenoxy) is 1. The molecule has 0 aromatic carbocycles. The summed E-state index contributed by atoms with van der Waals surface area (Å²) in [5.74, 6) is 1.82. The van der Waals surface area contributed by atoms with Gasteiger partial charge in [0.1, 0.15) is 11.6 Å². The van der Waals surface area contributed by atoms with Crippen LogP contribution in [0.5, 0.6) is 0 Å². The van der Waals surface area contributed by atoms with Crippen LogP contribution in [0.15, 0.2) is 6.07 Å². The van der Waals surface area contributed by atoms with Gasteiger partial charge in [0.05, 0.1) is 23.2 Å². The number of methoxy groups -OCH3 is 1. The summed E-state index contributed by atoms with van der Waals surface area (Å²) in [7, 11) is 1.73. The molecule has 2 aromatic rings. The highest BCUT2D eigenvalue weighted by atomic mass is 16.5. The van der Waals surface area contributed by atoms with Crippen molar-refractivity contribution in [3.63, 3.8) is 0 Å². The summed E-state index contributed by atoms with van der Waals surface area (Å²) in [5, 5.41) is 1.11. The number of hydrogen-bond donors (Lipinski definition) is 0. The Balaban J connectivity index is 2.17. The summed E-state index contributed by atoms with van der Waals surface area (Å²) in [6, 6.07) is 2.04. The Bertz CT molecular complexity index is 621. The number of rotatable bonds is 3. The highest BCUT2D eigenvalue weighted by Gasteiger charge is 2.22. The fraction of sp³-hybridized carbons (Fsp3) is 0.500. The topological polar surface area (TPSA) is 51.1 Å². The molecule has 0 N–H and O–H groups in total. The number of aryl methyl sites for hydroxylation is 2. The first-order valence-corrected chi connectivity index (χ1v) is 6.58. The van der Waals surface area contributed by atoms with Crippen molar-refractivity contribution in [2.45, 2.75) is 20.3 Å². The van der Waals surface area contributed by atoms with Gasteiger partial charge in [0.25, 0.3) is 0 Å². The molecular formula is C14H18N4O. The number of nitrogens with zero attached hydrogens (tertiary/aromatic N) is 4. The molecule has 0 unspecified atom stereocenters. The third-order valence-corrected chi connectivity index (χ3v) is 3.46. The molecule has 5 heteroatoms. The average molecular weight is 258 g/mol. The molecule has 0 amide bonds. The maximum atomic E-state index is 5.18. The van der Waals surface area contributed by atoms with Gasteiger partial charge in [-0.2, -0.15) is 0 Å². The van der Waals surface area contributed by atoms with Crippen LogP contribution in [0.4, 0.5) is 5.82 Å². The molecule has 19 heavy (non-hydrogen) atoms. The first-order valence-electron chi connectivity index (χ1n) is 6.58. The minimum atomic E-state index is 0.708. The van der Waals surface area contributed by atoms with E-state index in [1.807, 2.05) is 19.9 Å². The highest BCUT2D eigenvalue weighted by molar-refractivity contribution is 5.93. The van der Waals surface area contributed by atoms with Gasteiger partial charge < -0.3 is 9.64 Å². The van der Waals surface area contributed by atoms with Gasteiger partial charge in [-0.15, -0.1) is 0 Å². The Hall–Kier alpha value is -1.75. The van der Waals surface area contributed by atoms with E-state index in [9.17, 15) is 0 Å². The van der Waals surface area contributed by atoms with Crippen molar-refractivity contribution in [2.75, 3.05) is 31.7 Å². The zero-order valence-electron chi connectivity index (χ0n) is 11.6. The minimum absolute atomic E-state index is 0.708. The summed E-state index contributed by atoms with van der Waals surface area (Å²) in [6.45, 7) is 6.46. The van der Waals surface area contributed by atoms with E-state index in [2.05, 4.69) is 19.9 Å². The molecule has 0 radical (unpaired) electrons. The molecule has 2 aromatic heterocycles. The van der Waals surface area contributed by atoms with E-state index in [0.717, 1.165) is 53.4 Å². The number of aromatic nitrogens is 3. The lowest BCUT2D eigenvalue weighted by Crippen LogP contribution is -2.33. The standard InChI is InChI=1S/C14H18N4O/c1-9-8-12-13-11(15-9)4-5-18(6-7-19-3)14(13)17-10(2)16-12/h8H,4-7H2,1-3H3. The molecule has 0 saturated heterocycles. The molecule has 3 rings (SSSR count). The van der Waals surface area contributed by atoms with Crippen LogP contribution in [0.2, 0.25) is 0 Å². The van der Waals surface area contributed by atoms with E-state index in [4.69, 9.17) is 4.74 Å². The van der Waals surface area contributed by atoms with Gasteiger partial charge in [0, 0.05) is 32.3 Å². The second kappa shape index (κ2) is 4.74. The fourth-order valence-corrected chi connectivity index (χ4v) is 2.63. The Morgan fingerprint density at radius 1 is 1.26 bits per heavy atom. The third kappa shape index (κ3) is 2.14. The summed E-state index contributed by atoms with van der Waals surface area (Å²) < 4.78 is 5.18. The monoisotopic (exact) mass is 258 g/mol. The lowest BCUT2D eigenvalue weighted by Gasteiger charge is -2.29. The average Bonchev–Trinajstić information content (AvgIpc) is 2.37. The van der Waals surface area contributed by atoms with E-state index in [1.54, 1.807) is 7.11 Å². The van der Waals surface area contributed by atoms with Crippen LogP contribution in [0.25, 0.3) is 10.9 Å². The van der Waals surface area contributed by atoms with Crippen molar-refractivity contribution in [3.8, 4) is 0 Å². The van der Waals surface area contributed by atoms with Crippen molar-refractivity contribution in [1.29, 1.82) is 0 Å². The lowest BCUT2D eigenvalue weighted by molar-refractivity contribution is 0.205. The Morgan fingerprint density at radius 2 is 2.11 bits per heavy atom. The Kier molecular flexibility index (Phi) is 3.06. The maximum Gasteiger partial charge on any atom is 0.142 e. The van der Waals surface area contributed by atoms with E-state index < -0.39 is 0 Å². The van der Waals surface area contributed by atoms with Gasteiger partial charge >= 0.3 is 0 Å². The molecule has 0 saturated carbocycles. The van der Waals surface area contributed by atoms with Crippen molar-refractivity contribution < 1.29 is 4.74 Å². The normalized spacial score (nSPS) is 14.2. The molecular weight excluding hydrogens is 240 g/mol. The predicted octanol–water partition coefficient (Wildman–Crippen LogP) is 1.65. The van der Waals surface area contributed by atoms with Crippen molar-refractivity contribution in [1.82, 2.24) is 15.0 Å². The van der Waals surface area contributed by atoms with Gasteiger partial charge in [-0.05, 0) is 19.9 Å². The van der Waals surface area contributed by atoms with Crippen LogP contribution in [0.3, 0.4) is 0 Å². The smallest absolute Gasteiger partial charge is 0.142 e. The first-order chi connectivity index (χ1) is 9.19. The summed E-state index contributed by atoms with van der Waals surface area (Å²) in [5.41, 5.74) is 3.16. The molecule has 100 valence electrons. The summed E-state index contributed by atoms with van der Waals surface area (Å²) in [6.07, 6.45) is 0.946. The minimum Gasteiger partial charge on any atom is -0.383 e. The maximum absolute atomic E-state index is 5.18. The van der Waals surface area contributed by atoms with Crippen LogP contribution >= 0.6 is 0 Å². The van der Waals surface area contributed by atoms with Gasteiger partial charge in [0.2, 0.25) is 0 Å². The van der Waals surface area contributed by atoms with Gasteiger partial charge in [-0.3, -0.25) is 4.98 Å². The van der Waals surface area contributed by atoms with Crippen LogP contribution in [-0.4, -0.2) is 41.8 Å². The second-order valence-corrected chi connectivity index (χ2v) is 4.93. The molecule has 3 heterocycles. The second-order valence-electron chi connectivity index (χ2n) is 4.93. The Labute approximate surface area is 112 Å². The molecule has 0 fully saturated rings. The van der Waals surface area contributed by atoms with Crippen LogP contribution in [0.1, 0.15) is 17.2 Å². The summed E-state index contributed by atoms with van der Waals surface area (Å²) in [4.78, 5) is 16.1. The molecule has 5 nitrogen and oxygen atoms in total. The van der Waals surface area contributed by atoms with Gasteiger partial charge in [0.15, 0.2) is 0 Å². The zero-order valence-corrected chi connectivity index (χ0v) is 11.6. The van der Waals surface area contributed by atoms with Crippen LogP contribution < -0.4 is 4.90 Å². The largest absolute Gasteiger partial charge is 0.383 e. The van der Waals surface area contributed by atoms with Gasteiger partial charge in [-0.25, -0.2) is 9.97 Å². The SMILES string of the molecule is COCCN1CCc2nc(C)cc3nc(C)nc1c23. The highest BCUT2D eigenvalue weighted by Crippen LogP contribution is 2.31. The van der Waals surface area contributed by atoms with Gasteiger partial charge in [-0.1, -0.05) is 0 Å². The molecule has 0 spiro atoms.